The molecule has 1 aromatic carbocycles. The van der Waals surface area contributed by atoms with Crippen LogP contribution in [-0.4, -0.2) is 37.0 Å². The molecule has 9 N–H and O–H groups in total. The molecule has 9 nitrogen and oxygen atoms in total. The lowest BCUT2D eigenvalue weighted by Gasteiger charge is -2.15. The van der Waals surface area contributed by atoms with Gasteiger partial charge in [-0.3, -0.25) is 9.79 Å². The van der Waals surface area contributed by atoms with E-state index in [-0.39, 0.29) is 12.0 Å². The van der Waals surface area contributed by atoms with Crippen molar-refractivity contribution in [1.29, 1.82) is 0 Å². The van der Waals surface area contributed by atoms with Crippen LogP contribution in [0.3, 0.4) is 0 Å². The van der Waals surface area contributed by atoms with Gasteiger partial charge in [0.05, 0.1) is 6.04 Å². The number of guanidine groups is 1. The molecule has 0 saturated carbocycles. The molecule has 0 unspecified atom stereocenters. The van der Waals surface area contributed by atoms with E-state index in [9.17, 15) is 9.59 Å². The predicted octanol–water partition coefficient (Wildman–Crippen LogP) is -0.497. The van der Waals surface area contributed by atoms with E-state index in [1.807, 2.05) is 31.2 Å². The van der Waals surface area contributed by atoms with Gasteiger partial charge in [0.15, 0.2) is 5.96 Å². The number of benzene rings is 1. The third-order valence-corrected chi connectivity index (χ3v) is 3.65. The molecule has 1 aromatic rings. The maximum atomic E-state index is 11.5. The highest BCUT2D eigenvalue weighted by Crippen LogP contribution is 2.06. The van der Waals surface area contributed by atoms with Crippen LogP contribution in [-0.2, 0) is 17.9 Å². The van der Waals surface area contributed by atoms with Gasteiger partial charge in [-0.1, -0.05) is 24.3 Å². The monoisotopic (exact) mass is 363 g/mol. The summed E-state index contributed by atoms with van der Waals surface area (Å²) in [5.74, 6) is -0.368. The molecule has 0 aromatic heterocycles. The summed E-state index contributed by atoms with van der Waals surface area (Å²) in [5.41, 5.74) is 18.0. The Hall–Kier alpha value is -2.81. The average Bonchev–Trinajstić information content (AvgIpc) is 2.60. The second-order valence-corrected chi connectivity index (χ2v) is 5.81. The van der Waals surface area contributed by atoms with E-state index in [1.54, 1.807) is 0 Å². The SMILES string of the molecule is CCNC(=O)NCc1ccc(CN[C@@H](CCCN=C(N)N)C(N)=O)cc1. The first-order valence-corrected chi connectivity index (χ1v) is 8.60. The molecule has 1 rings (SSSR count). The van der Waals surface area contributed by atoms with Crippen molar-refractivity contribution in [2.75, 3.05) is 13.1 Å². The van der Waals surface area contributed by atoms with Crippen molar-refractivity contribution >= 4 is 17.9 Å². The van der Waals surface area contributed by atoms with E-state index in [0.717, 1.165) is 11.1 Å². The standard InChI is InChI=1S/C17H29N7O2/c1-2-21-17(26)24-11-13-7-5-12(6-8-13)10-23-14(15(18)25)4-3-9-22-16(19)20/h5-8,14,23H,2-4,9-11H2,1H3,(H2,18,25)(H4,19,20,22)(H2,21,24,26)/t14-/m0/s1. The Labute approximate surface area is 153 Å². The molecule has 0 aliphatic rings. The van der Waals surface area contributed by atoms with Crippen LogP contribution >= 0.6 is 0 Å². The fourth-order valence-electron chi connectivity index (χ4n) is 2.27. The summed E-state index contributed by atoms with van der Waals surface area (Å²) in [6.45, 7) is 3.88. The molecule has 26 heavy (non-hydrogen) atoms. The quantitative estimate of drug-likeness (QED) is 0.177. The molecule has 0 heterocycles. The second kappa shape index (κ2) is 11.7. The van der Waals surface area contributed by atoms with E-state index in [2.05, 4.69) is 20.9 Å². The van der Waals surface area contributed by atoms with Crippen LogP contribution in [0.1, 0.15) is 30.9 Å². The first kappa shape index (κ1) is 21.2. The number of aliphatic imine (C=N–C) groups is 1. The lowest BCUT2D eigenvalue weighted by atomic mass is 10.1. The highest BCUT2D eigenvalue weighted by Gasteiger charge is 2.14. The second-order valence-electron chi connectivity index (χ2n) is 5.81. The van der Waals surface area contributed by atoms with E-state index >= 15 is 0 Å². The van der Waals surface area contributed by atoms with Crippen LogP contribution in [0, 0.1) is 0 Å². The van der Waals surface area contributed by atoms with Crippen molar-refractivity contribution in [3.8, 4) is 0 Å². The van der Waals surface area contributed by atoms with Gasteiger partial charge in [0.2, 0.25) is 5.91 Å². The van der Waals surface area contributed by atoms with Crippen LogP contribution in [0.2, 0.25) is 0 Å². The summed E-state index contributed by atoms with van der Waals surface area (Å²) in [6, 6.07) is 7.12. The molecule has 144 valence electrons. The highest BCUT2D eigenvalue weighted by atomic mass is 16.2. The van der Waals surface area contributed by atoms with Gasteiger partial charge in [-0.05, 0) is 30.9 Å². The summed E-state index contributed by atoms with van der Waals surface area (Å²) in [7, 11) is 0. The summed E-state index contributed by atoms with van der Waals surface area (Å²) >= 11 is 0. The van der Waals surface area contributed by atoms with Gasteiger partial charge in [-0.25, -0.2) is 4.79 Å². The normalized spacial score (nSPS) is 11.4. The molecule has 0 radical (unpaired) electrons. The van der Waals surface area contributed by atoms with Crippen molar-refractivity contribution in [3.63, 3.8) is 0 Å². The maximum Gasteiger partial charge on any atom is 0.315 e. The van der Waals surface area contributed by atoms with Crippen molar-refractivity contribution in [3.05, 3.63) is 35.4 Å². The van der Waals surface area contributed by atoms with Gasteiger partial charge < -0.3 is 33.2 Å². The van der Waals surface area contributed by atoms with E-state index in [0.29, 0.717) is 39.0 Å². The number of carbonyl (C=O) groups excluding carboxylic acids is 2. The first-order chi connectivity index (χ1) is 12.4. The van der Waals surface area contributed by atoms with Gasteiger partial charge >= 0.3 is 6.03 Å². The third kappa shape index (κ3) is 8.88. The molecular weight excluding hydrogens is 334 g/mol. The van der Waals surface area contributed by atoms with E-state index in [1.165, 1.54) is 0 Å². The van der Waals surface area contributed by atoms with E-state index in [4.69, 9.17) is 17.2 Å². The Morgan fingerprint density at radius 2 is 1.65 bits per heavy atom. The molecule has 0 aliphatic carbocycles. The Balaban J connectivity index is 2.42. The van der Waals surface area contributed by atoms with Gasteiger partial charge in [-0.15, -0.1) is 0 Å². The van der Waals surface area contributed by atoms with Crippen LogP contribution in [0.25, 0.3) is 0 Å². The van der Waals surface area contributed by atoms with Crippen LogP contribution in [0.4, 0.5) is 4.79 Å². The largest absolute Gasteiger partial charge is 0.370 e. The number of amides is 3. The topological polar surface area (TPSA) is 161 Å². The lowest BCUT2D eigenvalue weighted by molar-refractivity contribution is -0.120. The first-order valence-electron chi connectivity index (χ1n) is 8.60. The lowest BCUT2D eigenvalue weighted by Crippen LogP contribution is -2.41. The molecular formula is C17H29N7O2. The minimum absolute atomic E-state index is 0.0374. The minimum Gasteiger partial charge on any atom is -0.370 e. The Morgan fingerprint density at radius 3 is 2.19 bits per heavy atom. The average molecular weight is 363 g/mol. The molecule has 0 bridgehead atoms. The molecule has 0 saturated heterocycles. The van der Waals surface area contributed by atoms with Crippen molar-refractivity contribution < 1.29 is 9.59 Å². The zero-order valence-corrected chi connectivity index (χ0v) is 15.1. The van der Waals surface area contributed by atoms with Crippen molar-refractivity contribution in [2.24, 2.45) is 22.2 Å². The number of nitrogens with zero attached hydrogens (tertiary/aromatic N) is 1. The van der Waals surface area contributed by atoms with Crippen LogP contribution in [0.15, 0.2) is 29.3 Å². The molecule has 3 amide bonds. The number of nitrogens with two attached hydrogens (primary N) is 3. The molecule has 0 aliphatic heterocycles. The number of primary amides is 1. The highest BCUT2D eigenvalue weighted by molar-refractivity contribution is 5.79. The zero-order chi connectivity index (χ0) is 19.4. The Morgan fingerprint density at radius 1 is 1.04 bits per heavy atom. The van der Waals surface area contributed by atoms with Crippen LogP contribution in [0.5, 0.6) is 0 Å². The summed E-state index contributed by atoms with van der Waals surface area (Å²) in [6.07, 6.45) is 1.21. The van der Waals surface area contributed by atoms with Crippen molar-refractivity contribution in [2.45, 2.75) is 38.9 Å². The number of nitrogens with one attached hydrogen (secondary N) is 3. The molecule has 9 heteroatoms. The van der Waals surface area contributed by atoms with Gasteiger partial charge in [0, 0.05) is 26.2 Å². The number of rotatable bonds is 11. The number of hydrogen-bond donors (Lipinski definition) is 6. The Bertz CT molecular complexity index is 598. The predicted molar refractivity (Wildman–Crippen MR) is 102 cm³/mol. The summed E-state index contributed by atoms with van der Waals surface area (Å²) in [5, 5.41) is 8.58. The fraction of sp³-hybridized carbons (Fsp3) is 0.471. The summed E-state index contributed by atoms with van der Waals surface area (Å²) in [4.78, 5) is 26.8. The molecule has 0 fully saturated rings. The van der Waals surface area contributed by atoms with Crippen molar-refractivity contribution in [1.82, 2.24) is 16.0 Å². The Kier molecular flexibility index (Phi) is 9.55. The molecule has 0 spiro atoms. The van der Waals surface area contributed by atoms with Gasteiger partial charge in [0.1, 0.15) is 0 Å². The smallest absolute Gasteiger partial charge is 0.315 e. The molecule has 1 atom stereocenters. The fourth-order valence-corrected chi connectivity index (χ4v) is 2.27. The third-order valence-electron chi connectivity index (χ3n) is 3.65. The van der Waals surface area contributed by atoms with Crippen LogP contribution < -0.4 is 33.2 Å². The zero-order valence-electron chi connectivity index (χ0n) is 15.1. The summed E-state index contributed by atoms with van der Waals surface area (Å²) < 4.78 is 0. The van der Waals surface area contributed by atoms with Gasteiger partial charge in [-0.2, -0.15) is 0 Å². The minimum atomic E-state index is -0.441. The number of carbonyl (C=O) groups is 2. The van der Waals surface area contributed by atoms with E-state index < -0.39 is 11.9 Å². The maximum absolute atomic E-state index is 11.5. The number of urea groups is 1. The van der Waals surface area contributed by atoms with Gasteiger partial charge in [0.25, 0.3) is 0 Å². The number of hydrogen-bond acceptors (Lipinski definition) is 4.